The lowest BCUT2D eigenvalue weighted by molar-refractivity contribution is 0.0827. The van der Waals surface area contributed by atoms with Crippen LogP contribution in [-0.2, 0) is 4.74 Å². The van der Waals surface area contributed by atoms with Crippen molar-refractivity contribution in [1.82, 2.24) is 19.9 Å². The van der Waals surface area contributed by atoms with Gasteiger partial charge in [-0.1, -0.05) is 6.07 Å². The van der Waals surface area contributed by atoms with Gasteiger partial charge in [0.05, 0.1) is 25.3 Å². The minimum Gasteiger partial charge on any atom is -0.395 e. The van der Waals surface area contributed by atoms with Crippen LogP contribution in [0.1, 0.15) is 10.4 Å². The van der Waals surface area contributed by atoms with Crippen molar-refractivity contribution < 1.29 is 19.4 Å². The van der Waals surface area contributed by atoms with E-state index in [0.717, 1.165) is 46.5 Å². The Morgan fingerprint density at radius 2 is 1.57 bits per heavy atom. The predicted molar refractivity (Wildman–Crippen MR) is 184 cm³/mol. The van der Waals surface area contributed by atoms with Gasteiger partial charge in [0.1, 0.15) is 11.6 Å². The van der Waals surface area contributed by atoms with Crippen molar-refractivity contribution >= 4 is 45.9 Å². The molecular formula is C35H36N8O4. The number of aliphatic hydroxyl groups excluding tert-OH is 1. The number of pyridine rings is 1. The Bertz CT molecular complexity index is 1870. The van der Waals surface area contributed by atoms with Gasteiger partial charge in [-0.15, -0.1) is 0 Å². The van der Waals surface area contributed by atoms with Gasteiger partial charge in [0.25, 0.3) is 5.91 Å². The van der Waals surface area contributed by atoms with Gasteiger partial charge < -0.3 is 35.6 Å². The van der Waals surface area contributed by atoms with E-state index < -0.39 is 6.03 Å². The summed E-state index contributed by atoms with van der Waals surface area (Å²) in [6.45, 7) is 3.07. The number of nitrogens with zero attached hydrogens (tertiary/aromatic N) is 5. The standard InChI is InChI=1S/C35H36N8O4/c1-42(2)34(45)24-7-12-27(13-8-24)39-35(46)38-26-10-5-23(6-11-26)31-40-30-22-25(28-4-3-15-36-32(28)37-16-19-44)9-14-29(30)33(41-31)43-17-20-47-21-18-43/h3-15,22,44H,16-21H2,1-2H3,(H,36,37)(H2,38,39,46). The largest absolute Gasteiger partial charge is 0.395 e. The van der Waals surface area contributed by atoms with Crippen molar-refractivity contribution in [1.29, 1.82) is 0 Å². The first-order valence-corrected chi connectivity index (χ1v) is 15.3. The molecule has 3 aromatic carbocycles. The second-order valence-electron chi connectivity index (χ2n) is 11.2. The van der Waals surface area contributed by atoms with Gasteiger partial charge in [-0.25, -0.2) is 19.7 Å². The molecule has 3 amide bonds. The predicted octanol–water partition coefficient (Wildman–Crippen LogP) is 4.95. The van der Waals surface area contributed by atoms with Crippen molar-refractivity contribution in [2.24, 2.45) is 0 Å². The van der Waals surface area contributed by atoms with E-state index in [4.69, 9.17) is 14.7 Å². The molecule has 3 heterocycles. The summed E-state index contributed by atoms with van der Waals surface area (Å²) in [4.78, 5) is 43.0. The van der Waals surface area contributed by atoms with Crippen LogP contribution in [-0.4, -0.2) is 90.4 Å². The van der Waals surface area contributed by atoms with Gasteiger partial charge in [-0.05, 0) is 78.4 Å². The van der Waals surface area contributed by atoms with E-state index in [1.54, 1.807) is 56.7 Å². The van der Waals surface area contributed by atoms with E-state index >= 15 is 0 Å². The Hall–Kier alpha value is -5.59. The molecule has 1 aliphatic rings. The summed E-state index contributed by atoms with van der Waals surface area (Å²) in [7, 11) is 3.38. The molecule has 6 rings (SSSR count). The number of ether oxygens (including phenoxy) is 1. The number of aromatic nitrogens is 3. The highest BCUT2D eigenvalue weighted by molar-refractivity contribution is 6.01. The number of fused-ring (bicyclic) bond motifs is 1. The number of rotatable bonds is 9. The fourth-order valence-electron chi connectivity index (χ4n) is 5.33. The molecule has 0 atom stereocenters. The maximum atomic E-state index is 12.7. The van der Waals surface area contributed by atoms with Crippen LogP contribution in [0.5, 0.6) is 0 Å². The Labute approximate surface area is 272 Å². The summed E-state index contributed by atoms with van der Waals surface area (Å²) in [5.41, 5.74) is 5.13. The minimum absolute atomic E-state index is 0.000466. The van der Waals surface area contributed by atoms with E-state index in [2.05, 4.69) is 25.8 Å². The zero-order valence-electron chi connectivity index (χ0n) is 26.2. The number of carbonyl (C=O) groups is 2. The van der Waals surface area contributed by atoms with Crippen LogP contribution in [0.4, 0.5) is 27.8 Å². The average Bonchev–Trinajstić information content (AvgIpc) is 3.10. The summed E-state index contributed by atoms with van der Waals surface area (Å²) < 4.78 is 5.60. The van der Waals surface area contributed by atoms with Crippen molar-refractivity contribution in [3.63, 3.8) is 0 Å². The third-order valence-corrected chi connectivity index (χ3v) is 7.71. The van der Waals surface area contributed by atoms with Gasteiger partial charge >= 0.3 is 6.03 Å². The third kappa shape index (κ3) is 7.29. The van der Waals surface area contributed by atoms with Crippen molar-refractivity contribution in [3.8, 4) is 22.5 Å². The average molecular weight is 633 g/mol. The topological polar surface area (TPSA) is 145 Å². The molecule has 0 unspecified atom stereocenters. The summed E-state index contributed by atoms with van der Waals surface area (Å²) >= 11 is 0. The quantitative estimate of drug-likeness (QED) is 0.177. The van der Waals surface area contributed by atoms with E-state index in [1.807, 2.05) is 42.5 Å². The highest BCUT2D eigenvalue weighted by atomic mass is 16.5. The van der Waals surface area contributed by atoms with E-state index in [1.165, 1.54) is 4.90 Å². The number of hydrogen-bond donors (Lipinski definition) is 4. The number of benzene rings is 3. The van der Waals surface area contributed by atoms with E-state index in [0.29, 0.717) is 48.3 Å². The number of hydrogen-bond acceptors (Lipinski definition) is 9. The van der Waals surface area contributed by atoms with Crippen LogP contribution < -0.4 is 20.9 Å². The summed E-state index contributed by atoms with van der Waals surface area (Å²) in [6, 6.07) is 23.7. The van der Waals surface area contributed by atoms with Crippen molar-refractivity contribution in [2.45, 2.75) is 0 Å². The lowest BCUT2D eigenvalue weighted by atomic mass is 10.0. The van der Waals surface area contributed by atoms with Crippen LogP contribution in [0.25, 0.3) is 33.4 Å². The molecule has 12 nitrogen and oxygen atoms in total. The highest BCUT2D eigenvalue weighted by Gasteiger charge is 2.19. The monoisotopic (exact) mass is 632 g/mol. The summed E-state index contributed by atoms with van der Waals surface area (Å²) in [6.07, 6.45) is 1.72. The molecule has 0 bridgehead atoms. The first-order chi connectivity index (χ1) is 22.9. The molecule has 4 N–H and O–H groups in total. The molecule has 0 aliphatic carbocycles. The molecule has 2 aromatic heterocycles. The molecule has 0 saturated carbocycles. The fourth-order valence-corrected chi connectivity index (χ4v) is 5.33. The molecule has 240 valence electrons. The number of morpholine rings is 1. The summed E-state index contributed by atoms with van der Waals surface area (Å²) in [5, 5.41) is 19.1. The van der Waals surface area contributed by atoms with E-state index in [9.17, 15) is 14.7 Å². The van der Waals surface area contributed by atoms with Gasteiger partial charge in [-0.2, -0.15) is 0 Å². The molecule has 12 heteroatoms. The fraction of sp³-hybridized carbons (Fsp3) is 0.229. The maximum Gasteiger partial charge on any atom is 0.323 e. The first kappa shape index (κ1) is 31.4. The normalized spacial score (nSPS) is 12.9. The zero-order chi connectivity index (χ0) is 32.8. The smallest absolute Gasteiger partial charge is 0.323 e. The van der Waals surface area contributed by atoms with Crippen molar-refractivity contribution in [2.75, 3.05) is 74.4 Å². The van der Waals surface area contributed by atoms with Gasteiger partial charge in [-0.3, -0.25) is 4.79 Å². The molecule has 1 aliphatic heterocycles. The zero-order valence-corrected chi connectivity index (χ0v) is 26.2. The molecule has 5 aromatic rings. The van der Waals surface area contributed by atoms with Gasteiger partial charge in [0.2, 0.25) is 0 Å². The molecule has 1 saturated heterocycles. The summed E-state index contributed by atoms with van der Waals surface area (Å²) in [5.74, 6) is 1.98. The Morgan fingerprint density at radius 3 is 2.26 bits per heavy atom. The molecule has 47 heavy (non-hydrogen) atoms. The SMILES string of the molecule is CN(C)C(=O)c1ccc(NC(=O)Nc2ccc(-c3nc(N4CCOCC4)c4ccc(-c5cccnc5NCCO)cc4n3)cc2)cc1. The second-order valence-corrected chi connectivity index (χ2v) is 11.2. The highest BCUT2D eigenvalue weighted by Crippen LogP contribution is 2.33. The first-order valence-electron chi connectivity index (χ1n) is 15.3. The lowest BCUT2D eigenvalue weighted by Gasteiger charge is -2.29. The number of amides is 3. The third-order valence-electron chi connectivity index (χ3n) is 7.71. The number of aliphatic hydroxyl groups is 1. The van der Waals surface area contributed by atoms with Crippen LogP contribution in [0.3, 0.4) is 0 Å². The second kappa shape index (κ2) is 14.2. The number of nitrogens with one attached hydrogen (secondary N) is 3. The lowest BCUT2D eigenvalue weighted by Crippen LogP contribution is -2.37. The van der Waals surface area contributed by atoms with Gasteiger partial charge in [0.15, 0.2) is 5.82 Å². The maximum absolute atomic E-state index is 12.7. The van der Waals surface area contributed by atoms with Gasteiger partial charge in [0, 0.05) is 73.4 Å². The van der Waals surface area contributed by atoms with Crippen LogP contribution in [0.2, 0.25) is 0 Å². The van der Waals surface area contributed by atoms with Crippen LogP contribution in [0, 0.1) is 0 Å². The Balaban J connectivity index is 1.26. The molecular weight excluding hydrogens is 596 g/mol. The molecule has 0 spiro atoms. The van der Waals surface area contributed by atoms with E-state index in [-0.39, 0.29) is 12.5 Å². The number of urea groups is 1. The Kier molecular flexibility index (Phi) is 9.51. The minimum atomic E-state index is -0.406. The molecule has 1 fully saturated rings. The number of carbonyl (C=O) groups excluding carboxylic acids is 2. The van der Waals surface area contributed by atoms with Crippen molar-refractivity contribution in [3.05, 3.63) is 90.6 Å². The van der Waals surface area contributed by atoms with Crippen LogP contribution in [0.15, 0.2) is 85.1 Å². The number of anilines is 4. The Morgan fingerprint density at radius 1 is 0.894 bits per heavy atom. The van der Waals surface area contributed by atoms with Crippen LogP contribution >= 0.6 is 0 Å². The molecule has 0 radical (unpaired) electrons.